The number of ether oxygens (including phenoxy) is 2. The standard InChI is InChI=1S/C24H38N2O3/c1-19(2)28-16-7-13-26-14-9-20(10-15-26)24(11-17-29-23(3,4)18-24)22(27)21-8-5-6-12-25-21/h5-6,8,12,19-20H,7,9-11,13-18H2,1-4H3. The molecule has 0 aliphatic carbocycles. The third-order valence-electron chi connectivity index (χ3n) is 6.57. The van der Waals surface area contributed by atoms with Crippen LogP contribution in [-0.2, 0) is 9.47 Å². The van der Waals surface area contributed by atoms with Gasteiger partial charge in [-0.05, 0) is 90.9 Å². The van der Waals surface area contributed by atoms with E-state index in [0.717, 1.165) is 58.3 Å². The minimum Gasteiger partial charge on any atom is -0.379 e. The normalized spacial score (nSPS) is 26.0. The molecule has 0 aromatic carbocycles. The third kappa shape index (κ3) is 5.65. The van der Waals surface area contributed by atoms with Gasteiger partial charge in [0.25, 0.3) is 0 Å². The molecule has 2 fully saturated rings. The summed E-state index contributed by atoms with van der Waals surface area (Å²) in [6.07, 6.45) is 6.82. The number of aromatic nitrogens is 1. The molecule has 0 spiro atoms. The maximum Gasteiger partial charge on any atom is 0.187 e. The Morgan fingerprint density at radius 1 is 1.31 bits per heavy atom. The first-order valence-electron chi connectivity index (χ1n) is 11.3. The van der Waals surface area contributed by atoms with E-state index in [1.807, 2.05) is 18.2 Å². The highest BCUT2D eigenvalue weighted by atomic mass is 16.5. The number of Topliss-reactive ketones (excluding diaryl/α,β-unsaturated/α-hetero) is 1. The van der Waals surface area contributed by atoms with E-state index >= 15 is 0 Å². The highest BCUT2D eigenvalue weighted by Gasteiger charge is 2.52. The van der Waals surface area contributed by atoms with Crippen LogP contribution in [0, 0.1) is 11.3 Å². The zero-order chi connectivity index (χ0) is 20.9. The van der Waals surface area contributed by atoms with E-state index in [-0.39, 0.29) is 16.8 Å². The van der Waals surface area contributed by atoms with E-state index in [2.05, 4.69) is 37.6 Å². The zero-order valence-corrected chi connectivity index (χ0v) is 18.7. The van der Waals surface area contributed by atoms with Crippen molar-refractivity contribution >= 4 is 5.78 Å². The summed E-state index contributed by atoms with van der Waals surface area (Å²) >= 11 is 0. The number of pyridine rings is 1. The van der Waals surface area contributed by atoms with Crippen LogP contribution in [0.1, 0.15) is 70.3 Å². The Morgan fingerprint density at radius 3 is 2.69 bits per heavy atom. The summed E-state index contributed by atoms with van der Waals surface area (Å²) in [6.45, 7) is 13.1. The fraction of sp³-hybridized carbons (Fsp3) is 0.750. The number of piperidine rings is 1. The number of nitrogens with zero attached hydrogens (tertiary/aromatic N) is 2. The maximum absolute atomic E-state index is 13.7. The van der Waals surface area contributed by atoms with E-state index in [4.69, 9.17) is 9.47 Å². The Bertz CT molecular complexity index is 653. The van der Waals surface area contributed by atoms with Gasteiger partial charge in [0.05, 0.1) is 11.7 Å². The molecule has 3 rings (SSSR count). The largest absolute Gasteiger partial charge is 0.379 e. The van der Waals surface area contributed by atoms with Gasteiger partial charge in [0, 0.05) is 31.4 Å². The number of carbonyl (C=O) groups is 1. The van der Waals surface area contributed by atoms with Crippen LogP contribution in [-0.4, -0.2) is 60.2 Å². The zero-order valence-electron chi connectivity index (χ0n) is 18.7. The van der Waals surface area contributed by atoms with Crippen molar-refractivity contribution < 1.29 is 14.3 Å². The summed E-state index contributed by atoms with van der Waals surface area (Å²) in [7, 11) is 0. The first kappa shape index (κ1) is 22.4. The lowest BCUT2D eigenvalue weighted by molar-refractivity contribution is -0.113. The fourth-order valence-corrected chi connectivity index (χ4v) is 5.20. The molecule has 2 aliphatic rings. The summed E-state index contributed by atoms with van der Waals surface area (Å²) in [4.78, 5) is 20.7. The third-order valence-corrected chi connectivity index (χ3v) is 6.57. The van der Waals surface area contributed by atoms with Crippen molar-refractivity contribution in [1.29, 1.82) is 0 Å². The number of ketones is 1. The summed E-state index contributed by atoms with van der Waals surface area (Å²) in [5.74, 6) is 0.613. The van der Waals surface area contributed by atoms with Crippen LogP contribution in [0.2, 0.25) is 0 Å². The molecule has 1 aromatic heterocycles. The Kier molecular flexibility index (Phi) is 7.47. The van der Waals surface area contributed by atoms with E-state index in [9.17, 15) is 4.79 Å². The van der Waals surface area contributed by atoms with E-state index in [1.54, 1.807) is 6.20 Å². The Balaban J connectivity index is 1.68. The monoisotopic (exact) mass is 402 g/mol. The maximum atomic E-state index is 13.7. The first-order valence-corrected chi connectivity index (χ1v) is 11.3. The predicted octanol–water partition coefficient (Wildman–Crippen LogP) is 4.37. The van der Waals surface area contributed by atoms with Gasteiger partial charge in [-0.15, -0.1) is 0 Å². The second-order valence-corrected chi connectivity index (χ2v) is 9.62. The van der Waals surface area contributed by atoms with Crippen molar-refractivity contribution in [1.82, 2.24) is 9.88 Å². The molecule has 3 heterocycles. The molecule has 29 heavy (non-hydrogen) atoms. The molecule has 1 atom stereocenters. The minimum absolute atomic E-state index is 0.221. The van der Waals surface area contributed by atoms with E-state index in [1.165, 1.54) is 0 Å². The molecule has 0 saturated carbocycles. The van der Waals surface area contributed by atoms with Crippen LogP contribution < -0.4 is 0 Å². The number of rotatable bonds is 8. The lowest BCUT2D eigenvalue weighted by Gasteiger charge is -2.50. The van der Waals surface area contributed by atoms with Crippen molar-refractivity contribution in [2.75, 3.05) is 32.8 Å². The van der Waals surface area contributed by atoms with Crippen LogP contribution in [0.25, 0.3) is 0 Å². The molecule has 5 heteroatoms. The molecule has 5 nitrogen and oxygen atoms in total. The van der Waals surface area contributed by atoms with Gasteiger partial charge >= 0.3 is 0 Å². The first-order chi connectivity index (χ1) is 13.8. The summed E-state index contributed by atoms with van der Waals surface area (Å²) in [6, 6.07) is 5.66. The Labute approximate surface area is 176 Å². The van der Waals surface area contributed by atoms with Gasteiger partial charge in [0.15, 0.2) is 5.78 Å². The molecule has 0 N–H and O–H groups in total. The molecule has 162 valence electrons. The molecular formula is C24H38N2O3. The lowest BCUT2D eigenvalue weighted by atomic mass is 9.60. The number of hydrogen-bond acceptors (Lipinski definition) is 5. The molecule has 0 radical (unpaired) electrons. The molecule has 0 amide bonds. The van der Waals surface area contributed by atoms with Crippen molar-refractivity contribution in [3.05, 3.63) is 30.1 Å². The molecule has 0 bridgehead atoms. The van der Waals surface area contributed by atoms with E-state index in [0.29, 0.717) is 24.3 Å². The van der Waals surface area contributed by atoms with Gasteiger partial charge in [-0.25, -0.2) is 0 Å². The van der Waals surface area contributed by atoms with Gasteiger partial charge in [0.2, 0.25) is 0 Å². The predicted molar refractivity (Wildman–Crippen MR) is 115 cm³/mol. The van der Waals surface area contributed by atoms with Gasteiger partial charge < -0.3 is 14.4 Å². The Hall–Kier alpha value is -1.30. The van der Waals surface area contributed by atoms with Crippen LogP contribution in [0.3, 0.4) is 0 Å². The van der Waals surface area contributed by atoms with Gasteiger partial charge in [-0.3, -0.25) is 9.78 Å². The van der Waals surface area contributed by atoms with Crippen LogP contribution in [0.15, 0.2) is 24.4 Å². The molecule has 2 saturated heterocycles. The van der Waals surface area contributed by atoms with Crippen molar-refractivity contribution in [2.45, 2.75) is 71.5 Å². The van der Waals surface area contributed by atoms with Crippen LogP contribution >= 0.6 is 0 Å². The summed E-state index contributed by atoms with van der Waals surface area (Å²) in [5.41, 5.74) is -0.0183. The van der Waals surface area contributed by atoms with Gasteiger partial charge in [-0.1, -0.05) is 6.07 Å². The molecule has 2 aliphatic heterocycles. The number of likely N-dealkylation sites (tertiary alicyclic amines) is 1. The number of carbonyl (C=O) groups excluding carboxylic acids is 1. The number of hydrogen-bond donors (Lipinski definition) is 0. The van der Waals surface area contributed by atoms with Crippen molar-refractivity contribution in [2.24, 2.45) is 11.3 Å². The topological polar surface area (TPSA) is 51.7 Å². The molecular weight excluding hydrogens is 364 g/mol. The minimum atomic E-state index is -0.358. The highest BCUT2D eigenvalue weighted by Crippen LogP contribution is 2.49. The molecule has 1 unspecified atom stereocenters. The average Bonchev–Trinajstić information content (AvgIpc) is 2.71. The fourth-order valence-electron chi connectivity index (χ4n) is 5.20. The summed E-state index contributed by atoms with van der Waals surface area (Å²) in [5, 5.41) is 0. The lowest BCUT2D eigenvalue weighted by Crippen LogP contribution is -2.52. The van der Waals surface area contributed by atoms with Crippen LogP contribution in [0.4, 0.5) is 0 Å². The SMILES string of the molecule is CC(C)OCCCN1CCC(C2(C(=O)c3ccccn3)CCOC(C)(C)C2)CC1. The van der Waals surface area contributed by atoms with E-state index < -0.39 is 0 Å². The van der Waals surface area contributed by atoms with Crippen molar-refractivity contribution in [3.8, 4) is 0 Å². The summed E-state index contributed by atoms with van der Waals surface area (Å²) < 4.78 is 11.7. The quantitative estimate of drug-likeness (QED) is 0.477. The average molecular weight is 403 g/mol. The highest BCUT2D eigenvalue weighted by molar-refractivity contribution is 5.99. The van der Waals surface area contributed by atoms with Crippen LogP contribution in [0.5, 0.6) is 0 Å². The van der Waals surface area contributed by atoms with Crippen molar-refractivity contribution in [3.63, 3.8) is 0 Å². The second-order valence-electron chi connectivity index (χ2n) is 9.62. The van der Waals surface area contributed by atoms with Gasteiger partial charge in [-0.2, -0.15) is 0 Å². The Morgan fingerprint density at radius 2 is 2.07 bits per heavy atom. The second kappa shape index (κ2) is 9.67. The smallest absolute Gasteiger partial charge is 0.187 e. The molecule has 1 aromatic rings. The van der Waals surface area contributed by atoms with Gasteiger partial charge in [0.1, 0.15) is 5.69 Å².